The SMILES string of the molecule is Cc1ccc(OCC(O)Cn2c(C3CCCC3)nc3ccccc32)c(Cl)c1.Cl. The monoisotopic (exact) mass is 420 g/mol. The van der Waals surface area contributed by atoms with Crippen LogP contribution >= 0.6 is 24.0 Å². The highest BCUT2D eigenvalue weighted by molar-refractivity contribution is 6.32. The predicted octanol–water partition coefficient (Wildman–Crippen LogP) is 5.52. The van der Waals surface area contributed by atoms with Gasteiger partial charge in [-0.05, 0) is 49.6 Å². The summed E-state index contributed by atoms with van der Waals surface area (Å²) in [5.41, 5.74) is 3.15. The van der Waals surface area contributed by atoms with E-state index in [1.807, 2.05) is 43.3 Å². The Kier molecular flexibility index (Phi) is 6.86. The van der Waals surface area contributed by atoms with Crippen LogP contribution in [0.2, 0.25) is 5.02 Å². The molecule has 1 aliphatic rings. The largest absolute Gasteiger partial charge is 0.489 e. The van der Waals surface area contributed by atoms with Crippen molar-refractivity contribution in [2.24, 2.45) is 0 Å². The molecule has 1 N–H and O–H groups in total. The first kappa shape index (κ1) is 21.0. The van der Waals surface area contributed by atoms with E-state index in [2.05, 4.69) is 10.6 Å². The van der Waals surface area contributed by atoms with E-state index in [0.717, 1.165) is 22.4 Å². The number of aliphatic hydroxyl groups excluding tert-OH is 1. The highest BCUT2D eigenvalue weighted by atomic mass is 35.5. The molecular weight excluding hydrogens is 395 g/mol. The van der Waals surface area contributed by atoms with Gasteiger partial charge in [-0.1, -0.05) is 42.6 Å². The van der Waals surface area contributed by atoms with Gasteiger partial charge in [0.15, 0.2) is 0 Å². The number of nitrogens with zero attached hydrogens (tertiary/aromatic N) is 2. The Morgan fingerprint density at radius 1 is 1.21 bits per heavy atom. The average molecular weight is 421 g/mol. The molecule has 0 spiro atoms. The third-order valence-corrected chi connectivity index (χ3v) is 5.61. The molecule has 1 unspecified atom stereocenters. The normalized spacial score (nSPS) is 15.5. The number of hydrogen-bond donors (Lipinski definition) is 1. The second kappa shape index (κ2) is 9.17. The molecule has 0 aliphatic heterocycles. The fraction of sp³-hybridized carbons (Fsp3) is 0.409. The van der Waals surface area contributed by atoms with Gasteiger partial charge in [-0.25, -0.2) is 4.98 Å². The Morgan fingerprint density at radius 2 is 1.96 bits per heavy atom. The third-order valence-electron chi connectivity index (χ3n) is 5.32. The molecule has 4 nitrogen and oxygen atoms in total. The number of aliphatic hydroxyl groups is 1. The van der Waals surface area contributed by atoms with Crippen molar-refractivity contribution in [1.29, 1.82) is 0 Å². The van der Waals surface area contributed by atoms with Crippen LogP contribution in [0.4, 0.5) is 0 Å². The number of para-hydroxylation sites is 2. The van der Waals surface area contributed by atoms with Crippen LogP contribution in [0.3, 0.4) is 0 Å². The smallest absolute Gasteiger partial charge is 0.138 e. The second-order valence-electron chi connectivity index (χ2n) is 7.45. The average Bonchev–Trinajstić information content (AvgIpc) is 3.29. The Labute approximate surface area is 176 Å². The van der Waals surface area contributed by atoms with Crippen LogP contribution < -0.4 is 4.74 Å². The molecule has 0 bridgehead atoms. The van der Waals surface area contributed by atoms with Crippen LogP contribution in [0.5, 0.6) is 5.75 Å². The Bertz CT molecular complexity index is 935. The number of rotatable bonds is 6. The predicted molar refractivity (Wildman–Crippen MR) is 116 cm³/mol. The van der Waals surface area contributed by atoms with Crippen molar-refractivity contribution in [2.75, 3.05) is 6.61 Å². The van der Waals surface area contributed by atoms with Gasteiger partial charge in [0.05, 0.1) is 22.6 Å². The van der Waals surface area contributed by atoms with Crippen LogP contribution in [-0.2, 0) is 6.54 Å². The number of aryl methyl sites for hydroxylation is 1. The molecule has 4 rings (SSSR count). The van der Waals surface area contributed by atoms with Crippen molar-refractivity contribution >= 4 is 35.0 Å². The standard InChI is InChI=1S/C22H25ClN2O2.ClH/c1-15-10-11-21(18(23)12-15)27-14-17(26)13-25-20-9-5-4-8-19(20)24-22(25)16-6-2-3-7-16;/h4-5,8-12,16-17,26H,2-3,6-7,13-14H2,1H3;1H. The molecule has 6 heteroatoms. The van der Waals surface area contributed by atoms with E-state index >= 15 is 0 Å². The summed E-state index contributed by atoms with van der Waals surface area (Å²) in [5.74, 6) is 2.19. The van der Waals surface area contributed by atoms with Gasteiger partial charge in [0.1, 0.15) is 24.3 Å². The van der Waals surface area contributed by atoms with Crippen LogP contribution in [-0.4, -0.2) is 27.4 Å². The van der Waals surface area contributed by atoms with E-state index in [0.29, 0.717) is 23.2 Å². The number of halogens is 2. The molecule has 0 radical (unpaired) electrons. The fourth-order valence-corrected chi connectivity index (χ4v) is 4.24. The maximum Gasteiger partial charge on any atom is 0.138 e. The highest BCUT2D eigenvalue weighted by Gasteiger charge is 2.24. The van der Waals surface area contributed by atoms with Gasteiger partial charge in [-0.2, -0.15) is 0 Å². The highest BCUT2D eigenvalue weighted by Crippen LogP contribution is 2.35. The van der Waals surface area contributed by atoms with Crippen molar-refractivity contribution in [3.8, 4) is 5.75 Å². The number of imidazole rings is 1. The summed E-state index contributed by atoms with van der Waals surface area (Å²) in [4.78, 5) is 4.88. The summed E-state index contributed by atoms with van der Waals surface area (Å²) in [5, 5.41) is 11.2. The maximum atomic E-state index is 10.6. The lowest BCUT2D eigenvalue weighted by Gasteiger charge is -2.18. The molecule has 28 heavy (non-hydrogen) atoms. The topological polar surface area (TPSA) is 47.3 Å². The van der Waals surface area contributed by atoms with E-state index in [9.17, 15) is 5.11 Å². The zero-order valence-corrected chi connectivity index (χ0v) is 17.5. The molecule has 0 saturated heterocycles. The number of aromatic nitrogens is 2. The summed E-state index contributed by atoms with van der Waals surface area (Å²) in [6.45, 7) is 2.65. The Hall–Kier alpha value is -1.75. The molecule has 1 aromatic heterocycles. The molecular formula is C22H26Cl2N2O2. The minimum absolute atomic E-state index is 0. The van der Waals surface area contributed by atoms with Gasteiger partial charge >= 0.3 is 0 Å². The molecule has 0 amide bonds. The molecule has 1 fully saturated rings. The Morgan fingerprint density at radius 3 is 2.71 bits per heavy atom. The van der Waals surface area contributed by atoms with Gasteiger partial charge in [0, 0.05) is 5.92 Å². The minimum atomic E-state index is -0.639. The summed E-state index contributed by atoms with van der Waals surface area (Å²) in [7, 11) is 0. The van der Waals surface area contributed by atoms with E-state index in [4.69, 9.17) is 21.3 Å². The summed E-state index contributed by atoms with van der Waals surface area (Å²) in [6.07, 6.45) is 4.22. The number of hydrogen-bond acceptors (Lipinski definition) is 3. The van der Waals surface area contributed by atoms with Crippen LogP contribution in [0.1, 0.15) is 43.0 Å². The van der Waals surface area contributed by atoms with Crippen molar-refractivity contribution in [3.05, 3.63) is 58.9 Å². The fourth-order valence-electron chi connectivity index (χ4n) is 3.95. The van der Waals surface area contributed by atoms with Crippen molar-refractivity contribution in [3.63, 3.8) is 0 Å². The first-order chi connectivity index (χ1) is 13.1. The molecule has 2 aromatic carbocycles. The van der Waals surface area contributed by atoms with Crippen LogP contribution in [0, 0.1) is 6.92 Å². The molecule has 1 atom stereocenters. The van der Waals surface area contributed by atoms with E-state index < -0.39 is 6.10 Å². The molecule has 1 aliphatic carbocycles. The van der Waals surface area contributed by atoms with E-state index in [-0.39, 0.29) is 19.0 Å². The van der Waals surface area contributed by atoms with E-state index in [1.165, 1.54) is 25.7 Å². The Balaban J connectivity index is 0.00000225. The van der Waals surface area contributed by atoms with Crippen molar-refractivity contribution in [2.45, 2.75) is 51.2 Å². The lowest BCUT2D eigenvalue weighted by atomic mass is 10.1. The van der Waals surface area contributed by atoms with Crippen molar-refractivity contribution < 1.29 is 9.84 Å². The van der Waals surface area contributed by atoms with Crippen molar-refractivity contribution in [1.82, 2.24) is 9.55 Å². The third kappa shape index (κ3) is 4.45. The molecule has 1 saturated carbocycles. The van der Waals surface area contributed by atoms with Gasteiger partial charge in [0.2, 0.25) is 0 Å². The molecule has 150 valence electrons. The zero-order chi connectivity index (χ0) is 18.8. The quantitative estimate of drug-likeness (QED) is 0.570. The lowest BCUT2D eigenvalue weighted by molar-refractivity contribution is 0.0925. The van der Waals surface area contributed by atoms with E-state index in [1.54, 1.807) is 0 Å². The number of ether oxygens (including phenoxy) is 1. The molecule has 1 heterocycles. The second-order valence-corrected chi connectivity index (χ2v) is 7.86. The van der Waals surface area contributed by atoms with Crippen LogP contribution in [0.15, 0.2) is 42.5 Å². The summed E-state index contributed by atoms with van der Waals surface area (Å²) < 4.78 is 7.94. The van der Waals surface area contributed by atoms with Gasteiger partial charge < -0.3 is 14.4 Å². The summed E-state index contributed by atoms with van der Waals surface area (Å²) in [6, 6.07) is 13.8. The van der Waals surface area contributed by atoms with Gasteiger partial charge in [0.25, 0.3) is 0 Å². The number of benzene rings is 2. The zero-order valence-electron chi connectivity index (χ0n) is 16.0. The first-order valence-corrected chi connectivity index (χ1v) is 10.0. The van der Waals surface area contributed by atoms with Gasteiger partial charge in [-0.3, -0.25) is 0 Å². The maximum absolute atomic E-state index is 10.6. The summed E-state index contributed by atoms with van der Waals surface area (Å²) >= 11 is 6.22. The molecule has 3 aromatic rings. The minimum Gasteiger partial charge on any atom is -0.489 e. The van der Waals surface area contributed by atoms with Gasteiger partial charge in [-0.15, -0.1) is 12.4 Å². The first-order valence-electron chi connectivity index (χ1n) is 9.64. The van der Waals surface area contributed by atoms with Crippen LogP contribution in [0.25, 0.3) is 11.0 Å². The lowest BCUT2D eigenvalue weighted by Crippen LogP contribution is -2.25. The number of fused-ring (bicyclic) bond motifs is 1.